The van der Waals surface area contributed by atoms with Gasteiger partial charge in [0.05, 0.1) is 5.69 Å². The third kappa shape index (κ3) is 2.35. The highest BCUT2D eigenvalue weighted by Crippen LogP contribution is 2.29. The predicted molar refractivity (Wildman–Crippen MR) is 65.1 cm³/mol. The Kier molecular flexibility index (Phi) is 3.15. The largest absolute Gasteiger partial charge is 0.370 e. The average Bonchev–Trinajstić information content (AvgIpc) is 2.65. The van der Waals surface area contributed by atoms with Gasteiger partial charge < -0.3 is 10.6 Å². The van der Waals surface area contributed by atoms with Crippen LogP contribution in [-0.2, 0) is 0 Å². The summed E-state index contributed by atoms with van der Waals surface area (Å²) >= 11 is 0. The maximum atomic E-state index is 13.6. The maximum absolute atomic E-state index is 13.6. The van der Waals surface area contributed by atoms with E-state index in [-0.39, 0.29) is 11.4 Å². The van der Waals surface area contributed by atoms with E-state index in [0.29, 0.717) is 5.69 Å². The SMILES string of the molecule is CN(CC1(N)CCCC1)c1ccccc1F. The van der Waals surface area contributed by atoms with Crippen molar-refractivity contribution in [1.29, 1.82) is 0 Å². The number of benzene rings is 1. The van der Waals surface area contributed by atoms with Crippen LogP contribution in [0.4, 0.5) is 10.1 Å². The fourth-order valence-electron chi connectivity index (χ4n) is 2.56. The maximum Gasteiger partial charge on any atom is 0.146 e. The third-order valence-electron chi connectivity index (χ3n) is 3.42. The number of halogens is 1. The van der Waals surface area contributed by atoms with Crippen LogP contribution in [-0.4, -0.2) is 19.1 Å². The van der Waals surface area contributed by atoms with Gasteiger partial charge in [-0.25, -0.2) is 4.39 Å². The first-order valence-electron chi connectivity index (χ1n) is 5.85. The van der Waals surface area contributed by atoms with E-state index in [1.807, 2.05) is 18.0 Å². The summed E-state index contributed by atoms with van der Waals surface area (Å²) in [5.41, 5.74) is 6.79. The van der Waals surface area contributed by atoms with Gasteiger partial charge >= 0.3 is 0 Å². The molecule has 3 heteroatoms. The van der Waals surface area contributed by atoms with Crippen molar-refractivity contribution < 1.29 is 4.39 Å². The minimum absolute atomic E-state index is 0.128. The Morgan fingerprint density at radius 1 is 1.31 bits per heavy atom. The molecule has 0 aromatic heterocycles. The molecule has 0 heterocycles. The second-order valence-corrected chi connectivity index (χ2v) is 4.88. The van der Waals surface area contributed by atoms with E-state index < -0.39 is 0 Å². The van der Waals surface area contributed by atoms with Gasteiger partial charge in [-0.2, -0.15) is 0 Å². The molecule has 2 N–H and O–H groups in total. The molecule has 1 aliphatic rings. The zero-order chi connectivity index (χ0) is 11.6. The van der Waals surface area contributed by atoms with Gasteiger partial charge in [0.1, 0.15) is 5.82 Å². The molecule has 1 aromatic rings. The van der Waals surface area contributed by atoms with Crippen LogP contribution in [0.1, 0.15) is 25.7 Å². The summed E-state index contributed by atoms with van der Waals surface area (Å²) in [7, 11) is 1.91. The molecule has 0 radical (unpaired) electrons. The zero-order valence-corrected chi connectivity index (χ0v) is 9.75. The standard InChI is InChI=1S/C13H19FN2/c1-16(10-13(15)8-4-5-9-13)12-7-3-2-6-11(12)14/h2-3,6-7H,4-5,8-10,15H2,1H3. The number of anilines is 1. The lowest BCUT2D eigenvalue weighted by molar-refractivity contribution is 0.440. The molecular formula is C13H19FN2. The van der Waals surface area contributed by atoms with E-state index in [0.717, 1.165) is 19.4 Å². The fraction of sp³-hybridized carbons (Fsp3) is 0.538. The molecule has 1 aliphatic carbocycles. The average molecular weight is 222 g/mol. The van der Waals surface area contributed by atoms with Crippen LogP contribution in [0.15, 0.2) is 24.3 Å². The van der Waals surface area contributed by atoms with Crippen molar-refractivity contribution in [2.45, 2.75) is 31.2 Å². The molecule has 1 aromatic carbocycles. The highest BCUT2D eigenvalue weighted by molar-refractivity contribution is 5.47. The van der Waals surface area contributed by atoms with Crippen LogP contribution in [0.2, 0.25) is 0 Å². The van der Waals surface area contributed by atoms with Crippen LogP contribution in [0, 0.1) is 5.82 Å². The van der Waals surface area contributed by atoms with Crippen molar-refractivity contribution in [3.05, 3.63) is 30.1 Å². The van der Waals surface area contributed by atoms with E-state index in [2.05, 4.69) is 0 Å². The van der Waals surface area contributed by atoms with Gasteiger partial charge in [-0.15, -0.1) is 0 Å². The van der Waals surface area contributed by atoms with Crippen LogP contribution >= 0.6 is 0 Å². The summed E-state index contributed by atoms with van der Waals surface area (Å²) in [6.07, 6.45) is 4.49. The van der Waals surface area contributed by atoms with Crippen LogP contribution in [0.25, 0.3) is 0 Å². The summed E-state index contributed by atoms with van der Waals surface area (Å²) in [4.78, 5) is 1.93. The van der Waals surface area contributed by atoms with Crippen LogP contribution in [0.3, 0.4) is 0 Å². The minimum Gasteiger partial charge on any atom is -0.370 e. The summed E-state index contributed by atoms with van der Waals surface area (Å²) in [5, 5.41) is 0. The van der Waals surface area contributed by atoms with Crippen molar-refractivity contribution in [2.24, 2.45) is 5.73 Å². The number of para-hydroxylation sites is 1. The summed E-state index contributed by atoms with van der Waals surface area (Å²) < 4.78 is 13.6. The Morgan fingerprint density at radius 3 is 2.56 bits per heavy atom. The van der Waals surface area contributed by atoms with Crippen molar-refractivity contribution >= 4 is 5.69 Å². The van der Waals surface area contributed by atoms with E-state index in [1.54, 1.807) is 12.1 Å². The molecule has 0 aliphatic heterocycles. The summed E-state index contributed by atoms with van der Waals surface area (Å²) in [6.45, 7) is 0.730. The lowest BCUT2D eigenvalue weighted by Crippen LogP contribution is -2.47. The van der Waals surface area contributed by atoms with Crippen molar-refractivity contribution in [2.75, 3.05) is 18.5 Å². The predicted octanol–water partition coefficient (Wildman–Crippen LogP) is 2.53. The Balaban J connectivity index is 2.08. The van der Waals surface area contributed by atoms with E-state index in [4.69, 9.17) is 5.73 Å². The number of hydrogen-bond donors (Lipinski definition) is 1. The highest BCUT2D eigenvalue weighted by atomic mass is 19.1. The first-order chi connectivity index (χ1) is 7.61. The second-order valence-electron chi connectivity index (χ2n) is 4.88. The lowest BCUT2D eigenvalue weighted by Gasteiger charge is -2.31. The third-order valence-corrected chi connectivity index (χ3v) is 3.42. The number of nitrogens with two attached hydrogens (primary N) is 1. The first-order valence-corrected chi connectivity index (χ1v) is 5.85. The Hall–Kier alpha value is -1.09. The molecule has 0 bridgehead atoms. The molecule has 0 amide bonds. The summed E-state index contributed by atoms with van der Waals surface area (Å²) in [6, 6.07) is 6.85. The first kappa shape index (κ1) is 11.4. The molecule has 1 fully saturated rings. The monoisotopic (exact) mass is 222 g/mol. The van der Waals surface area contributed by atoms with Crippen molar-refractivity contribution in [3.8, 4) is 0 Å². The number of nitrogens with zero attached hydrogens (tertiary/aromatic N) is 1. The number of likely N-dealkylation sites (N-methyl/N-ethyl adjacent to an activating group) is 1. The van der Waals surface area contributed by atoms with Crippen LogP contribution < -0.4 is 10.6 Å². The molecule has 16 heavy (non-hydrogen) atoms. The number of hydrogen-bond acceptors (Lipinski definition) is 2. The minimum atomic E-state index is -0.174. The Bertz CT molecular complexity index is 359. The second kappa shape index (κ2) is 4.42. The molecule has 0 saturated heterocycles. The molecule has 0 spiro atoms. The van der Waals surface area contributed by atoms with Gasteiger partial charge in [-0.1, -0.05) is 25.0 Å². The van der Waals surface area contributed by atoms with Crippen LogP contribution in [0.5, 0.6) is 0 Å². The molecule has 1 saturated carbocycles. The van der Waals surface area contributed by atoms with Gasteiger partial charge in [0, 0.05) is 19.1 Å². The van der Waals surface area contributed by atoms with Gasteiger partial charge in [-0.05, 0) is 25.0 Å². The van der Waals surface area contributed by atoms with Gasteiger partial charge in [-0.3, -0.25) is 0 Å². The normalized spacial score (nSPS) is 18.7. The fourth-order valence-corrected chi connectivity index (χ4v) is 2.56. The molecule has 0 unspecified atom stereocenters. The van der Waals surface area contributed by atoms with Crippen molar-refractivity contribution in [3.63, 3.8) is 0 Å². The van der Waals surface area contributed by atoms with E-state index in [1.165, 1.54) is 18.9 Å². The lowest BCUT2D eigenvalue weighted by atomic mass is 9.98. The van der Waals surface area contributed by atoms with E-state index >= 15 is 0 Å². The summed E-state index contributed by atoms with van der Waals surface area (Å²) in [5.74, 6) is -0.174. The quantitative estimate of drug-likeness (QED) is 0.851. The number of rotatable bonds is 3. The Labute approximate surface area is 96.2 Å². The molecule has 0 atom stereocenters. The molecule has 2 nitrogen and oxygen atoms in total. The van der Waals surface area contributed by atoms with Gasteiger partial charge in [0.25, 0.3) is 0 Å². The zero-order valence-electron chi connectivity index (χ0n) is 9.75. The molecule has 2 rings (SSSR count). The topological polar surface area (TPSA) is 29.3 Å². The van der Waals surface area contributed by atoms with E-state index in [9.17, 15) is 4.39 Å². The Morgan fingerprint density at radius 2 is 1.94 bits per heavy atom. The van der Waals surface area contributed by atoms with Crippen molar-refractivity contribution in [1.82, 2.24) is 0 Å². The van der Waals surface area contributed by atoms with Gasteiger partial charge in [0.2, 0.25) is 0 Å². The smallest absolute Gasteiger partial charge is 0.146 e. The van der Waals surface area contributed by atoms with Gasteiger partial charge in [0.15, 0.2) is 0 Å². The highest BCUT2D eigenvalue weighted by Gasteiger charge is 2.30. The molecule has 88 valence electrons. The molecular weight excluding hydrogens is 203 g/mol.